The summed E-state index contributed by atoms with van der Waals surface area (Å²) in [6, 6.07) is -1.37. The average molecular weight is 308 g/mol. The summed E-state index contributed by atoms with van der Waals surface area (Å²) in [6.45, 7) is 3.33. The zero-order chi connectivity index (χ0) is 15.8. The van der Waals surface area contributed by atoms with Crippen molar-refractivity contribution in [3.63, 3.8) is 0 Å². The van der Waals surface area contributed by atoms with Gasteiger partial charge in [-0.25, -0.2) is 13.2 Å². The molecular formula is C12H24N2O5S. The molecule has 0 aromatic carbocycles. The zero-order valence-electron chi connectivity index (χ0n) is 12.0. The van der Waals surface area contributed by atoms with Crippen LogP contribution in [0.2, 0.25) is 0 Å². The first-order valence-corrected chi connectivity index (χ1v) is 8.41. The van der Waals surface area contributed by atoms with E-state index in [-0.39, 0.29) is 0 Å². The van der Waals surface area contributed by atoms with Gasteiger partial charge in [0.05, 0.1) is 17.5 Å². The van der Waals surface area contributed by atoms with E-state index < -0.39 is 45.4 Å². The lowest BCUT2D eigenvalue weighted by atomic mass is 10.2. The van der Waals surface area contributed by atoms with E-state index in [4.69, 9.17) is 11.5 Å². The summed E-state index contributed by atoms with van der Waals surface area (Å²) in [7, 11) is -3.50. The molecule has 0 fully saturated rings. The van der Waals surface area contributed by atoms with Crippen LogP contribution in [0.5, 0.6) is 0 Å². The van der Waals surface area contributed by atoms with E-state index in [1.807, 2.05) is 13.8 Å². The summed E-state index contributed by atoms with van der Waals surface area (Å²) in [6.07, 6.45) is 2.52. The van der Waals surface area contributed by atoms with Crippen LogP contribution in [0.15, 0.2) is 0 Å². The van der Waals surface area contributed by atoms with Crippen molar-refractivity contribution in [2.45, 2.75) is 50.8 Å². The van der Waals surface area contributed by atoms with Crippen LogP contribution in [0, 0.1) is 0 Å². The molecule has 0 amide bonds. The third-order valence-electron chi connectivity index (χ3n) is 2.82. The molecule has 0 aliphatic heterocycles. The van der Waals surface area contributed by atoms with Crippen LogP contribution < -0.4 is 11.5 Å². The molecule has 20 heavy (non-hydrogen) atoms. The van der Waals surface area contributed by atoms with Crippen molar-refractivity contribution in [3.05, 3.63) is 0 Å². The number of nitrogens with two attached hydrogens (primary N) is 2. The van der Waals surface area contributed by atoms with Crippen molar-refractivity contribution < 1.29 is 22.7 Å². The molecule has 0 bridgehead atoms. The van der Waals surface area contributed by atoms with Gasteiger partial charge in [0.2, 0.25) is 0 Å². The van der Waals surface area contributed by atoms with Gasteiger partial charge in [0.15, 0.2) is 9.84 Å². The van der Waals surface area contributed by atoms with Gasteiger partial charge in [-0.1, -0.05) is 26.7 Å². The van der Waals surface area contributed by atoms with Crippen LogP contribution in [0.4, 0.5) is 0 Å². The maximum absolute atomic E-state index is 12.2. The summed E-state index contributed by atoms with van der Waals surface area (Å²) in [4.78, 5) is 22.3. The zero-order valence-corrected chi connectivity index (χ0v) is 12.8. The number of hydrogen-bond donors (Lipinski definition) is 2. The predicted octanol–water partition coefficient (Wildman–Crippen LogP) is -0.274. The van der Waals surface area contributed by atoms with Gasteiger partial charge in [-0.15, -0.1) is 0 Å². The molecule has 0 heterocycles. The molecule has 0 aromatic rings. The molecule has 0 spiro atoms. The van der Waals surface area contributed by atoms with Crippen LogP contribution in [-0.2, 0) is 24.2 Å². The van der Waals surface area contributed by atoms with E-state index in [2.05, 4.69) is 4.74 Å². The van der Waals surface area contributed by atoms with Crippen LogP contribution >= 0.6 is 0 Å². The Labute approximate surface area is 119 Å². The highest BCUT2D eigenvalue weighted by atomic mass is 32.2. The Balaban J connectivity index is 4.71. The number of ether oxygens (including phenoxy) is 1. The van der Waals surface area contributed by atoms with Crippen LogP contribution in [-0.4, -0.2) is 43.9 Å². The number of esters is 2. The monoisotopic (exact) mass is 308 g/mol. The van der Waals surface area contributed by atoms with Crippen molar-refractivity contribution in [3.8, 4) is 0 Å². The highest BCUT2D eigenvalue weighted by Crippen LogP contribution is 2.16. The van der Waals surface area contributed by atoms with Crippen LogP contribution in [0.1, 0.15) is 39.5 Å². The Kier molecular flexibility index (Phi) is 8.59. The van der Waals surface area contributed by atoms with Crippen LogP contribution in [0.25, 0.3) is 0 Å². The van der Waals surface area contributed by atoms with Crippen molar-refractivity contribution in [2.24, 2.45) is 11.5 Å². The van der Waals surface area contributed by atoms with E-state index >= 15 is 0 Å². The molecule has 1 atom stereocenters. The number of carbonyl (C=O) groups excluding carboxylic acids is 2. The highest BCUT2D eigenvalue weighted by Gasteiger charge is 2.30. The number of carbonyl (C=O) groups is 2. The lowest BCUT2D eigenvalue weighted by Crippen LogP contribution is -2.42. The molecule has 0 saturated heterocycles. The van der Waals surface area contributed by atoms with Crippen molar-refractivity contribution >= 4 is 21.8 Å². The second-order valence-corrected chi connectivity index (χ2v) is 6.96. The number of rotatable bonds is 9. The van der Waals surface area contributed by atoms with Gasteiger partial charge >= 0.3 is 11.9 Å². The Morgan fingerprint density at radius 3 is 2.05 bits per heavy atom. The second-order valence-electron chi connectivity index (χ2n) is 4.63. The lowest BCUT2D eigenvalue weighted by molar-refractivity contribution is -0.159. The minimum Gasteiger partial charge on any atom is -0.391 e. The first kappa shape index (κ1) is 19.0. The van der Waals surface area contributed by atoms with Gasteiger partial charge in [-0.2, -0.15) is 0 Å². The number of sulfone groups is 1. The van der Waals surface area contributed by atoms with Crippen molar-refractivity contribution in [1.29, 1.82) is 0 Å². The highest BCUT2D eigenvalue weighted by molar-refractivity contribution is 7.92. The third kappa shape index (κ3) is 6.44. The standard InChI is InChI=1S/C12H24N2O5S/c1-3-5-9(6-4-2)20(17,18)8-10(14)12(16)19-11(15)7-13/h9-10H,3-8,13-14H2,1-2H3/t10-/m1/s1. The molecule has 8 heteroatoms. The van der Waals surface area contributed by atoms with E-state index in [1.165, 1.54) is 0 Å². The normalized spacial score (nSPS) is 13.2. The van der Waals surface area contributed by atoms with E-state index in [9.17, 15) is 18.0 Å². The van der Waals surface area contributed by atoms with Gasteiger partial charge in [0.1, 0.15) is 6.04 Å². The van der Waals surface area contributed by atoms with Gasteiger partial charge in [-0.05, 0) is 12.8 Å². The summed E-state index contributed by atoms with van der Waals surface area (Å²) in [5, 5.41) is -0.512. The SMILES string of the molecule is CCCC(CCC)S(=O)(=O)C[C@@H](N)C(=O)OC(=O)CN. The molecule has 0 aliphatic carbocycles. The molecular weight excluding hydrogens is 284 g/mol. The second kappa shape index (κ2) is 9.04. The van der Waals surface area contributed by atoms with E-state index in [0.717, 1.165) is 12.8 Å². The van der Waals surface area contributed by atoms with E-state index in [1.54, 1.807) is 0 Å². The molecule has 0 radical (unpaired) electrons. The van der Waals surface area contributed by atoms with Gasteiger partial charge in [-0.3, -0.25) is 4.79 Å². The first-order chi connectivity index (χ1) is 9.28. The molecule has 7 nitrogen and oxygen atoms in total. The topological polar surface area (TPSA) is 130 Å². The van der Waals surface area contributed by atoms with E-state index in [0.29, 0.717) is 12.8 Å². The quantitative estimate of drug-likeness (QED) is 0.443. The first-order valence-electron chi connectivity index (χ1n) is 6.70. The average Bonchev–Trinajstić information content (AvgIpc) is 2.37. The van der Waals surface area contributed by atoms with Crippen molar-refractivity contribution in [1.82, 2.24) is 0 Å². The minimum absolute atomic E-state index is 0.459. The van der Waals surface area contributed by atoms with Gasteiger partial charge in [0.25, 0.3) is 0 Å². The fraction of sp³-hybridized carbons (Fsp3) is 0.833. The third-order valence-corrected chi connectivity index (χ3v) is 5.14. The molecule has 0 aliphatic rings. The lowest BCUT2D eigenvalue weighted by Gasteiger charge is -2.18. The molecule has 0 unspecified atom stereocenters. The largest absolute Gasteiger partial charge is 0.391 e. The Bertz CT molecular complexity index is 416. The molecule has 0 aromatic heterocycles. The van der Waals surface area contributed by atoms with Crippen LogP contribution in [0.3, 0.4) is 0 Å². The predicted molar refractivity (Wildman–Crippen MR) is 75.5 cm³/mol. The summed E-state index contributed by atoms with van der Waals surface area (Å²) >= 11 is 0. The molecule has 0 rings (SSSR count). The fourth-order valence-electron chi connectivity index (χ4n) is 1.83. The smallest absolute Gasteiger partial charge is 0.331 e. The maximum Gasteiger partial charge on any atom is 0.331 e. The van der Waals surface area contributed by atoms with Crippen molar-refractivity contribution in [2.75, 3.05) is 12.3 Å². The maximum atomic E-state index is 12.2. The Morgan fingerprint density at radius 2 is 1.65 bits per heavy atom. The summed E-state index contributed by atoms with van der Waals surface area (Å²) < 4.78 is 28.7. The van der Waals surface area contributed by atoms with Gasteiger partial charge in [0, 0.05) is 0 Å². The fourth-order valence-corrected chi connectivity index (χ4v) is 3.93. The Hall–Kier alpha value is -0.990. The molecule has 4 N–H and O–H groups in total. The summed E-state index contributed by atoms with van der Waals surface area (Å²) in [5.74, 6) is -2.51. The Morgan fingerprint density at radius 1 is 1.15 bits per heavy atom. The summed E-state index contributed by atoms with van der Waals surface area (Å²) in [5.41, 5.74) is 10.5. The minimum atomic E-state index is -3.50. The van der Waals surface area contributed by atoms with Gasteiger partial charge < -0.3 is 16.2 Å². The molecule has 118 valence electrons. The molecule has 0 saturated carbocycles. The number of hydrogen-bond acceptors (Lipinski definition) is 7.